The van der Waals surface area contributed by atoms with Crippen LogP contribution < -0.4 is 9.80 Å². The molecular formula is C46H36N2O12. The molecule has 2 atom stereocenters. The topological polar surface area (TPSA) is 208 Å². The minimum Gasteiger partial charge on any atom is -0.507 e. The molecule has 4 amide bonds. The van der Waals surface area contributed by atoms with E-state index in [-0.39, 0.29) is 74.9 Å². The van der Waals surface area contributed by atoms with Gasteiger partial charge in [0.25, 0.3) is 23.6 Å². The van der Waals surface area contributed by atoms with Gasteiger partial charge in [-0.25, -0.2) is 19.4 Å². The maximum atomic E-state index is 13.9. The third-order valence-electron chi connectivity index (χ3n) is 10.7. The number of carbonyl (C=O) groups is 6. The lowest BCUT2D eigenvalue weighted by atomic mass is 9.96. The second-order valence-corrected chi connectivity index (χ2v) is 14.5. The van der Waals surface area contributed by atoms with E-state index in [4.69, 9.17) is 9.47 Å². The van der Waals surface area contributed by atoms with Crippen molar-refractivity contribution in [3.05, 3.63) is 130 Å². The zero-order valence-electron chi connectivity index (χ0n) is 32.2. The van der Waals surface area contributed by atoms with Crippen LogP contribution >= 0.6 is 0 Å². The maximum absolute atomic E-state index is 13.9. The molecule has 0 spiro atoms. The summed E-state index contributed by atoms with van der Waals surface area (Å²) in [6.07, 6.45) is -0.944. The number of aliphatic hydroxyl groups excluding tert-OH is 2. The highest BCUT2D eigenvalue weighted by molar-refractivity contribution is 6.37. The van der Waals surface area contributed by atoms with Gasteiger partial charge in [0.05, 0.1) is 51.3 Å². The number of phenols is 2. The highest BCUT2D eigenvalue weighted by Crippen LogP contribution is 2.43. The summed E-state index contributed by atoms with van der Waals surface area (Å²) in [5.74, 6) is -4.86. The molecule has 2 unspecified atom stereocenters. The highest BCUT2D eigenvalue weighted by Gasteiger charge is 2.40. The largest absolute Gasteiger partial charge is 0.507 e. The van der Waals surface area contributed by atoms with Gasteiger partial charge in [-0.2, -0.15) is 0 Å². The van der Waals surface area contributed by atoms with Crippen LogP contribution in [0.2, 0.25) is 0 Å². The number of hydrogen-bond donors (Lipinski definition) is 4. The molecule has 2 aliphatic rings. The normalized spacial score (nSPS) is 14.5. The molecule has 60 heavy (non-hydrogen) atoms. The van der Waals surface area contributed by atoms with Crippen molar-refractivity contribution in [1.29, 1.82) is 0 Å². The monoisotopic (exact) mass is 808 g/mol. The van der Waals surface area contributed by atoms with Gasteiger partial charge in [0, 0.05) is 16.2 Å². The molecule has 0 saturated carbocycles. The van der Waals surface area contributed by atoms with E-state index < -0.39 is 47.8 Å². The van der Waals surface area contributed by atoms with Crippen LogP contribution in [0.3, 0.4) is 0 Å². The summed E-state index contributed by atoms with van der Waals surface area (Å²) in [6.45, 7) is 3.00. The van der Waals surface area contributed by atoms with Gasteiger partial charge in [-0.05, 0) is 96.1 Å². The molecule has 0 fully saturated rings. The second kappa shape index (κ2) is 15.4. The molecule has 0 bridgehead atoms. The fourth-order valence-corrected chi connectivity index (χ4v) is 7.30. The van der Waals surface area contributed by atoms with Crippen molar-refractivity contribution in [3.63, 3.8) is 0 Å². The quantitative estimate of drug-likeness (QED) is 0.0814. The molecule has 6 aromatic carbocycles. The number of fused-ring (bicyclic) bond motifs is 4. The Balaban J connectivity index is 1.12. The molecule has 0 aromatic heterocycles. The molecule has 14 nitrogen and oxygen atoms in total. The lowest BCUT2D eigenvalue weighted by Gasteiger charge is -2.19. The first-order valence-electron chi connectivity index (χ1n) is 19.1. The first-order valence-corrected chi connectivity index (χ1v) is 19.1. The molecule has 2 aliphatic heterocycles. The first kappa shape index (κ1) is 39.4. The Bertz CT molecular complexity index is 2850. The summed E-state index contributed by atoms with van der Waals surface area (Å²) in [6, 6.07) is 23.9. The molecule has 302 valence electrons. The lowest BCUT2D eigenvalue weighted by molar-refractivity contribution is 0.0246. The molecule has 14 heteroatoms. The van der Waals surface area contributed by atoms with Crippen LogP contribution in [0.1, 0.15) is 88.8 Å². The summed E-state index contributed by atoms with van der Waals surface area (Å²) in [5.41, 5.74) is 1.27. The molecule has 0 radical (unpaired) electrons. The van der Waals surface area contributed by atoms with E-state index in [0.717, 1.165) is 9.80 Å². The van der Waals surface area contributed by atoms with Gasteiger partial charge in [-0.1, -0.05) is 44.2 Å². The third-order valence-corrected chi connectivity index (χ3v) is 10.7. The number of anilines is 2. The summed E-state index contributed by atoms with van der Waals surface area (Å²) in [7, 11) is 0. The zero-order valence-corrected chi connectivity index (χ0v) is 32.2. The van der Waals surface area contributed by atoms with Crippen molar-refractivity contribution in [3.8, 4) is 22.6 Å². The number of amides is 4. The van der Waals surface area contributed by atoms with E-state index >= 15 is 0 Å². The minimum absolute atomic E-state index is 0.00584. The zero-order chi connectivity index (χ0) is 42.6. The number of hydrogen-bond acceptors (Lipinski definition) is 12. The Kier molecular flexibility index (Phi) is 10.1. The fraction of sp³-hybridized carbons (Fsp3) is 0.174. The van der Waals surface area contributed by atoms with Crippen molar-refractivity contribution in [2.45, 2.75) is 38.9 Å². The molecule has 2 heterocycles. The van der Waals surface area contributed by atoms with Crippen LogP contribution in [-0.2, 0) is 9.47 Å². The van der Waals surface area contributed by atoms with Gasteiger partial charge in [0.1, 0.15) is 30.4 Å². The average molecular weight is 809 g/mol. The van der Waals surface area contributed by atoms with E-state index in [2.05, 4.69) is 0 Å². The fourth-order valence-electron chi connectivity index (χ4n) is 7.30. The highest BCUT2D eigenvalue weighted by atomic mass is 16.5. The number of aliphatic hydroxyl groups is 2. The van der Waals surface area contributed by atoms with Crippen molar-refractivity contribution < 1.29 is 58.7 Å². The van der Waals surface area contributed by atoms with Crippen LogP contribution in [0.25, 0.3) is 32.7 Å². The predicted molar refractivity (Wildman–Crippen MR) is 219 cm³/mol. The summed E-state index contributed by atoms with van der Waals surface area (Å²) >= 11 is 0. The number of imide groups is 2. The SMILES string of the molecule is CCC(O)COC(=O)c1ccc2c(c1)C(=O)N(c1c(O)ccc3ccc(-c4ccc5c(N6C(=O)c7ccc(C(=O)OCC(O)CC)cc7C6=O)ccc(O)c5c4)cc13)C2=O. The summed E-state index contributed by atoms with van der Waals surface area (Å²) in [4.78, 5) is 82.3. The van der Waals surface area contributed by atoms with E-state index in [1.54, 1.807) is 56.3 Å². The lowest BCUT2D eigenvalue weighted by Crippen LogP contribution is -2.29. The summed E-state index contributed by atoms with van der Waals surface area (Å²) in [5, 5.41) is 43.4. The molecule has 0 saturated heterocycles. The van der Waals surface area contributed by atoms with E-state index in [9.17, 15) is 49.2 Å². The smallest absolute Gasteiger partial charge is 0.338 e. The third kappa shape index (κ3) is 6.67. The van der Waals surface area contributed by atoms with Gasteiger partial charge in [0.15, 0.2) is 0 Å². The first-order chi connectivity index (χ1) is 28.8. The van der Waals surface area contributed by atoms with Gasteiger partial charge < -0.3 is 29.9 Å². The molecule has 4 N–H and O–H groups in total. The Morgan fingerprint density at radius 1 is 0.533 bits per heavy atom. The van der Waals surface area contributed by atoms with Crippen LogP contribution in [0.5, 0.6) is 11.5 Å². The molecule has 6 aromatic rings. The second-order valence-electron chi connectivity index (χ2n) is 14.5. The summed E-state index contributed by atoms with van der Waals surface area (Å²) < 4.78 is 10.3. The number of nitrogens with zero attached hydrogens (tertiary/aromatic N) is 2. The van der Waals surface area contributed by atoms with E-state index in [1.807, 2.05) is 0 Å². The number of benzene rings is 6. The predicted octanol–water partition coefficient (Wildman–Crippen LogP) is 6.53. The van der Waals surface area contributed by atoms with Crippen molar-refractivity contribution in [2.24, 2.45) is 0 Å². The minimum atomic E-state index is -0.854. The van der Waals surface area contributed by atoms with Crippen LogP contribution in [0, 0.1) is 0 Å². The molecule has 0 aliphatic carbocycles. The standard InChI is InChI=1S/C46H36N2O12/c1-3-28(49)21-59-45(57)26-8-12-31-35(19-26)43(55)47(41(31)53)37-14-16-38(51)34-18-25(7-11-30(34)37)24-6-5-23-10-15-39(52)40(33(23)17-24)48-42(54)32-13-9-27(20-36(32)44(48)56)46(58)60-22-29(50)4-2/h5-20,28-29,49-52H,3-4,21-22H2,1-2H3. The van der Waals surface area contributed by atoms with Crippen molar-refractivity contribution in [1.82, 2.24) is 0 Å². The molecular weight excluding hydrogens is 773 g/mol. The maximum Gasteiger partial charge on any atom is 0.338 e. The Morgan fingerprint density at radius 3 is 1.60 bits per heavy atom. The van der Waals surface area contributed by atoms with E-state index in [1.165, 1.54) is 54.6 Å². The van der Waals surface area contributed by atoms with Gasteiger partial charge in [-0.15, -0.1) is 0 Å². The Labute approximate surface area is 341 Å². The van der Waals surface area contributed by atoms with Crippen LogP contribution in [0.4, 0.5) is 11.4 Å². The number of carbonyl (C=O) groups excluding carboxylic acids is 6. The Hall–Kier alpha value is -7.42. The van der Waals surface area contributed by atoms with E-state index in [0.29, 0.717) is 40.1 Å². The number of rotatable bonds is 11. The number of esters is 2. The van der Waals surface area contributed by atoms with Gasteiger partial charge in [0.2, 0.25) is 0 Å². The van der Waals surface area contributed by atoms with Crippen LogP contribution in [0.15, 0.2) is 97.1 Å². The average Bonchev–Trinajstić information content (AvgIpc) is 3.66. The van der Waals surface area contributed by atoms with Gasteiger partial charge >= 0.3 is 11.9 Å². The van der Waals surface area contributed by atoms with Crippen molar-refractivity contribution >= 4 is 68.5 Å². The van der Waals surface area contributed by atoms with Crippen LogP contribution in [-0.4, -0.2) is 81.4 Å². The number of phenolic OH excluding ortho intramolecular Hbond substituents is 2. The molecule has 8 rings (SSSR count). The number of aromatic hydroxyl groups is 2. The van der Waals surface area contributed by atoms with Crippen molar-refractivity contribution in [2.75, 3.05) is 23.0 Å². The number of ether oxygens (including phenoxy) is 2. The van der Waals surface area contributed by atoms with Gasteiger partial charge in [-0.3, -0.25) is 19.2 Å². The Morgan fingerprint density at radius 2 is 1.02 bits per heavy atom.